The lowest BCUT2D eigenvalue weighted by Crippen LogP contribution is -2.27. The summed E-state index contributed by atoms with van der Waals surface area (Å²) in [5.74, 6) is -1.92. The third kappa shape index (κ3) is 5.62. The third-order valence-corrected chi connectivity index (χ3v) is 6.59. The summed E-state index contributed by atoms with van der Waals surface area (Å²) in [6, 6.07) is 21.8. The monoisotopic (exact) mass is 550 g/mol. The Morgan fingerprint density at radius 3 is 2.32 bits per heavy atom. The smallest absolute Gasteiger partial charge is 0.305 e. The zero-order valence-electron chi connectivity index (χ0n) is 22.0. The molecule has 10 nitrogen and oxygen atoms in total. The number of aromatic amines is 1. The van der Waals surface area contributed by atoms with E-state index in [1.54, 1.807) is 24.3 Å². The van der Waals surface area contributed by atoms with Crippen LogP contribution in [0.2, 0.25) is 0 Å². The molecule has 0 fully saturated rings. The Hall–Kier alpha value is -5.51. The Morgan fingerprint density at radius 1 is 0.976 bits per heavy atom. The van der Waals surface area contributed by atoms with Gasteiger partial charge in [-0.25, -0.2) is 9.97 Å². The number of fused-ring (bicyclic) bond motifs is 1. The summed E-state index contributed by atoms with van der Waals surface area (Å²) in [5, 5.41) is 23.4. The number of methoxy groups -OCH3 is 1. The van der Waals surface area contributed by atoms with E-state index in [9.17, 15) is 19.5 Å². The first-order valence-electron chi connectivity index (χ1n) is 12.8. The van der Waals surface area contributed by atoms with E-state index >= 15 is 0 Å². The number of carboxylic acid groups (broad SMARTS) is 1. The molecule has 0 saturated heterocycles. The van der Waals surface area contributed by atoms with Gasteiger partial charge in [0.1, 0.15) is 0 Å². The summed E-state index contributed by atoms with van der Waals surface area (Å²) >= 11 is 0. The Balaban J connectivity index is 1.84. The Kier molecular flexibility index (Phi) is 7.73. The maximum absolute atomic E-state index is 13.7. The average Bonchev–Trinajstić information content (AvgIpc) is 2.98. The Labute approximate surface area is 234 Å². The Bertz CT molecular complexity index is 1790. The van der Waals surface area contributed by atoms with Crippen LogP contribution >= 0.6 is 0 Å². The van der Waals surface area contributed by atoms with E-state index in [1.165, 1.54) is 13.3 Å². The standard InChI is InChI=1S/C31H26N4O6/c1-41-22-13-12-20(17-33-22)26-27-25(29(38)28(34-26)31(40)32-15-14-23(36)37)21(16-18-8-4-2-5-9-18)24(30(39)35-27)19-10-6-3-7-11-19/h2-13,17,38H,14-16H2,1H3,(H,32,40)(H,35,39)(H,36,37). The van der Waals surface area contributed by atoms with Crippen molar-refractivity contribution in [3.63, 3.8) is 0 Å². The number of hydrogen-bond donors (Lipinski definition) is 4. The summed E-state index contributed by atoms with van der Waals surface area (Å²) in [7, 11) is 1.48. The van der Waals surface area contributed by atoms with Crippen LogP contribution in [0.15, 0.2) is 83.8 Å². The first-order chi connectivity index (χ1) is 19.9. The van der Waals surface area contributed by atoms with Crippen molar-refractivity contribution in [2.24, 2.45) is 0 Å². The number of amides is 1. The fourth-order valence-corrected chi connectivity index (χ4v) is 4.69. The molecule has 0 aliphatic carbocycles. The van der Waals surface area contributed by atoms with Crippen molar-refractivity contribution >= 4 is 22.8 Å². The highest BCUT2D eigenvalue weighted by atomic mass is 16.5. The van der Waals surface area contributed by atoms with E-state index in [0.29, 0.717) is 28.1 Å². The fourth-order valence-electron chi connectivity index (χ4n) is 4.69. The first kappa shape index (κ1) is 27.1. The molecule has 3 heterocycles. The van der Waals surface area contributed by atoms with Gasteiger partial charge in [0.2, 0.25) is 5.88 Å². The number of aromatic nitrogens is 3. The number of carbonyl (C=O) groups is 2. The number of benzene rings is 2. The summed E-state index contributed by atoms with van der Waals surface area (Å²) in [6.07, 6.45) is 1.45. The molecule has 3 aromatic heterocycles. The molecule has 0 atom stereocenters. The van der Waals surface area contributed by atoms with Crippen LogP contribution in [0.1, 0.15) is 28.0 Å². The molecule has 4 N–H and O–H groups in total. The summed E-state index contributed by atoms with van der Waals surface area (Å²) < 4.78 is 5.17. The fraction of sp³-hybridized carbons (Fsp3) is 0.129. The van der Waals surface area contributed by atoms with E-state index in [4.69, 9.17) is 9.84 Å². The van der Waals surface area contributed by atoms with Gasteiger partial charge in [0, 0.05) is 29.8 Å². The van der Waals surface area contributed by atoms with E-state index in [-0.39, 0.29) is 41.7 Å². The van der Waals surface area contributed by atoms with Gasteiger partial charge >= 0.3 is 5.97 Å². The second kappa shape index (κ2) is 11.7. The van der Waals surface area contributed by atoms with Crippen molar-refractivity contribution in [2.75, 3.05) is 13.7 Å². The van der Waals surface area contributed by atoms with Gasteiger partial charge in [0.25, 0.3) is 11.5 Å². The minimum Gasteiger partial charge on any atom is -0.505 e. The van der Waals surface area contributed by atoms with Gasteiger partial charge < -0.3 is 25.3 Å². The van der Waals surface area contributed by atoms with Crippen molar-refractivity contribution in [1.82, 2.24) is 20.3 Å². The number of aliphatic carboxylic acids is 1. The number of pyridine rings is 3. The maximum Gasteiger partial charge on any atom is 0.305 e. The second-order valence-electron chi connectivity index (χ2n) is 9.23. The highest BCUT2D eigenvalue weighted by Gasteiger charge is 2.26. The second-order valence-corrected chi connectivity index (χ2v) is 9.23. The molecule has 41 heavy (non-hydrogen) atoms. The van der Waals surface area contributed by atoms with Gasteiger partial charge in [-0.3, -0.25) is 14.4 Å². The largest absolute Gasteiger partial charge is 0.505 e. The minimum atomic E-state index is -1.08. The van der Waals surface area contributed by atoms with Gasteiger partial charge in [-0.1, -0.05) is 60.7 Å². The molecule has 5 aromatic rings. The van der Waals surface area contributed by atoms with Crippen LogP contribution in [0.4, 0.5) is 0 Å². The molecule has 0 radical (unpaired) electrons. The van der Waals surface area contributed by atoms with Crippen LogP contribution in [0.25, 0.3) is 33.3 Å². The molecule has 2 aromatic carbocycles. The van der Waals surface area contributed by atoms with Crippen LogP contribution < -0.4 is 15.6 Å². The lowest BCUT2D eigenvalue weighted by Gasteiger charge is -2.18. The molecule has 0 spiro atoms. The quantitative estimate of drug-likeness (QED) is 0.213. The SMILES string of the molecule is COc1ccc(-c2nc(C(=O)NCCC(=O)O)c(O)c3c(Cc4ccccc4)c(-c4ccccc4)c(=O)[nH]c23)cn1. The molecule has 0 aliphatic heterocycles. The number of carboxylic acids is 1. The first-order valence-corrected chi connectivity index (χ1v) is 12.8. The van der Waals surface area contributed by atoms with Crippen molar-refractivity contribution in [3.05, 3.63) is 106 Å². The molecular formula is C31H26N4O6. The molecule has 5 rings (SSSR count). The maximum atomic E-state index is 13.7. The van der Waals surface area contributed by atoms with Gasteiger partial charge in [-0.05, 0) is 29.2 Å². The normalized spacial score (nSPS) is 10.9. The number of nitrogens with zero attached hydrogens (tertiary/aromatic N) is 2. The molecule has 206 valence electrons. The van der Waals surface area contributed by atoms with Crippen LogP contribution in [0, 0.1) is 0 Å². The van der Waals surface area contributed by atoms with Gasteiger partial charge in [-0.15, -0.1) is 0 Å². The van der Waals surface area contributed by atoms with Crippen LogP contribution in [0.5, 0.6) is 11.6 Å². The number of H-pyrrole nitrogens is 1. The van der Waals surface area contributed by atoms with Gasteiger partial charge in [0.05, 0.1) is 30.3 Å². The number of nitrogens with one attached hydrogen (secondary N) is 2. The van der Waals surface area contributed by atoms with Gasteiger partial charge in [0.15, 0.2) is 11.4 Å². The van der Waals surface area contributed by atoms with E-state index < -0.39 is 23.2 Å². The predicted molar refractivity (Wildman–Crippen MR) is 153 cm³/mol. The van der Waals surface area contributed by atoms with Crippen molar-refractivity contribution in [3.8, 4) is 34.0 Å². The summed E-state index contributed by atoms with van der Waals surface area (Å²) in [4.78, 5) is 49.6. The lowest BCUT2D eigenvalue weighted by atomic mass is 9.91. The van der Waals surface area contributed by atoms with Gasteiger partial charge in [-0.2, -0.15) is 0 Å². The number of ether oxygens (including phenoxy) is 1. The van der Waals surface area contributed by atoms with E-state index in [2.05, 4.69) is 20.3 Å². The van der Waals surface area contributed by atoms with Crippen molar-refractivity contribution in [1.29, 1.82) is 0 Å². The zero-order valence-corrected chi connectivity index (χ0v) is 22.0. The molecule has 0 saturated carbocycles. The van der Waals surface area contributed by atoms with Crippen molar-refractivity contribution < 1.29 is 24.5 Å². The summed E-state index contributed by atoms with van der Waals surface area (Å²) in [6.45, 7) is -0.162. The molecule has 10 heteroatoms. The molecule has 1 amide bonds. The number of aromatic hydroxyl groups is 1. The molecular weight excluding hydrogens is 524 g/mol. The van der Waals surface area contributed by atoms with Crippen LogP contribution in [0.3, 0.4) is 0 Å². The highest BCUT2D eigenvalue weighted by molar-refractivity contribution is 6.07. The Morgan fingerprint density at radius 2 is 1.68 bits per heavy atom. The van der Waals surface area contributed by atoms with E-state index in [0.717, 1.165) is 5.56 Å². The third-order valence-electron chi connectivity index (χ3n) is 6.59. The zero-order chi connectivity index (χ0) is 28.9. The molecule has 0 unspecified atom stereocenters. The minimum absolute atomic E-state index is 0.162. The number of rotatable bonds is 9. The lowest BCUT2D eigenvalue weighted by molar-refractivity contribution is -0.136. The number of hydrogen-bond acceptors (Lipinski definition) is 7. The van der Waals surface area contributed by atoms with Crippen LogP contribution in [-0.4, -0.2) is 50.7 Å². The molecule has 0 aliphatic rings. The molecule has 0 bridgehead atoms. The van der Waals surface area contributed by atoms with Crippen molar-refractivity contribution in [2.45, 2.75) is 12.8 Å². The highest BCUT2D eigenvalue weighted by Crippen LogP contribution is 2.39. The van der Waals surface area contributed by atoms with Crippen LogP contribution in [-0.2, 0) is 11.2 Å². The number of carbonyl (C=O) groups excluding carboxylic acids is 1. The topological polar surface area (TPSA) is 154 Å². The predicted octanol–water partition coefficient (Wildman–Crippen LogP) is 4.16. The average molecular weight is 551 g/mol. The summed E-state index contributed by atoms with van der Waals surface area (Å²) in [5.41, 5.74) is 2.57. The van der Waals surface area contributed by atoms with E-state index in [1.807, 2.05) is 48.5 Å².